The van der Waals surface area contributed by atoms with Gasteiger partial charge in [-0.25, -0.2) is 4.98 Å². The van der Waals surface area contributed by atoms with E-state index >= 15 is 0 Å². The van der Waals surface area contributed by atoms with Crippen LogP contribution < -0.4 is 10.6 Å². The predicted molar refractivity (Wildman–Crippen MR) is 66.8 cm³/mol. The van der Waals surface area contributed by atoms with E-state index in [1.165, 1.54) is 24.8 Å². The van der Waals surface area contributed by atoms with Crippen molar-refractivity contribution in [2.24, 2.45) is 0 Å². The van der Waals surface area contributed by atoms with Gasteiger partial charge in [0.1, 0.15) is 5.52 Å². The molecule has 90 valence electrons. The fourth-order valence-corrected chi connectivity index (χ4v) is 2.66. The fraction of sp³-hybridized carbons (Fsp3) is 0.462. The topological polar surface area (TPSA) is 50.1 Å². The Morgan fingerprint density at radius 1 is 1.53 bits per heavy atom. The van der Waals surface area contributed by atoms with Crippen molar-refractivity contribution in [3.63, 3.8) is 0 Å². The van der Waals surface area contributed by atoms with Crippen LogP contribution in [0.5, 0.6) is 0 Å². The first-order chi connectivity index (χ1) is 8.38. The molecule has 1 aromatic carbocycles. The molecule has 0 amide bonds. The predicted octanol–water partition coefficient (Wildman–Crippen LogP) is 1.84. The molecule has 2 unspecified atom stereocenters. The quantitative estimate of drug-likeness (QED) is 0.846. The normalized spacial score (nSPS) is 22.1. The van der Waals surface area contributed by atoms with Crippen LogP contribution >= 0.6 is 0 Å². The van der Waals surface area contributed by atoms with Gasteiger partial charge in [0.15, 0.2) is 12.0 Å². The third-order valence-corrected chi connectivity index (χ3v) is 3.53. The lowest BCUT2D eigenvalue weighted by Crippen LogP contribution is -2.36. The number of nitrogens with one attached hydrogen (secondary N) is 2. The number of nitrogens with zero attached hydrogens (tertiary/aromatic N) is 1. The van der Waals surface area contributed by atoms with Gasteiger partial charge in [-0.15, -0.1) is 0 Å². The number of rotatable bonds is 3. The molecule has 3 rings (SSSR count). The Hall–Kier alpha value is -1.39. The molecule has 0 aliphatic carbocycles. The zero-order valence-electron chi connectivity index (χ0n) is 9.94. The highest BCUT2D eigenvalue weighted by molar-refractivity contribution is 5.72. The number of oxazole rings is 1. The zero-order valence-corrected chi connectivity index (χ0v) is 9.94. The molecule has 4 nitrogen and oxygen atoms in total. The summed E-state index contributed by atoms with van der Waals surface area (Å²) in [7, 11) is 2.01. The molecule has 2 aromatic rings. The van der Waals surface area contributed by atoms with E-state index in [2.05, 4.69) is 27.8 Å². The van der Waals surface area contributed by atoms with Gasteiger partial charge in [0, 0.05) is 12.1 Å². The Morgan fingerprint density at radius 2 is 2.47 bits per heavy atom. The lowest BCUT2D eigenvalue weighted by atomic mass is 9.98. The van der Waals surface area contributed by atoms with Crippen molar-refractivity contribution in [2.45, 2.75) is 24.9 Å². The molecule has 0 bridgehead atoms. The Bertz CT molecular complexity index is 502. The van der Waals surface area contributed by atoms with Gasteiger partial charge in [-0.1, -0.05) is 6.07 Å². The van der Waals surface area contributed by atoms with Gasteiger partial charge in [-0.05, 0) is 44.1 Å². The zero-order chi connectivity index (χ0) is 11.7. The molecular weight excluding hydrogens is 214 g/mol. The fourth-order valence-electron chi connectivity index (χ4n) is 2.66. The number of hydrogen-bond acceptors (Lipinski definition) is 4. The first kappa shape index (κ1) is 10.7. The van der Waals surface area contributed by atoms with Crippen LogP contribution in [-0.2, 0) is 0 Å². The van der Waals surface area contributed by atoms with E-state index in [0.29, 0.717) is 12.1 Å². The molecule has 2 heterocycles. The summed E-state index contributed by atoms with van der Waals surface area (Å²) >= 11 is 0. The molecule has 2 N–H and O–H groups in total. The first-order valence-electron chi connectivity index (χ1n) is 6.12. The highest BCUT2D eigenvalue weighted by Gasteiger charge is 2.24. The largest absolute Gasteiger partial charge is 0.443 e. The summed E-state index contributed by atoms with van der Waals surface area (Å²) in [5, 5.41) is 6.93. The van der Waals surface area contributed by atoms with Crippen molar-refractivity contribution in [3.8, 4) is 0 Å². The number of fused-ring (bicyclic) bond motifs is 1. The molecule has 1 fully saturated rings. The Kier molecular flexibility index (Phi) is 2.82. The molecule has 2 atom stereocenters. The molecule has 0 saturated carbocycles. The summed E-state index contributed by atoms with van der Waals surface area (Å²) in [5.74, 6) is 0. The number of aromatic nitrogens is 1. The summed E-state index contributed by atoms with van der Waals surface area (Å²) in [6, 6.07) is 7.09. The van der Waals surface area contributed by atoms with E-state index in [1.54, 1.807) is 0 Å². The van der Waals surface area contributed by atoms with Crippen molar-refractivity contribution < 1.29 is 4.42 Å². The number of benzene rings is 1. The van der Waals surface area contributed by atoms with Gasteiger partial charge in [0.2, 0.25) is 0 Å². The first-order valence-corrected chi connectivity index (χ1v) is 6.12. The molecule has 1 saturated heterocycles. The van der Waals surface area contributed by atoms with Crippen molar-refractivity contribution in [2.75, 3.05) is 13.6 Å². The van der Waals surface area contributed by atoms with Crippen LogP contribution in [-0.4, -0.2) is 24.6 Å². The maximum atomic E-state index is 5.36. The lowest BCUT2D eigenvalue weighted by Gasteiger charge is -2.23. The third-order valence-electron chi connectivity index (χ3n) is 3.53. The van der Waals surface area contributed by atoms with Gasteiger partial charge in [-0.2, -0.15) is 0 Å². The smallest absolute Gasteiger partial charge is 0.181 e. The summed E-state index contributed by atoms with van der Waals surface area (Å²) in [4.78, 5) is 4.14. The van der Waals surface area contributed by atoms with Crippen LogP contribution in [0.2, 0.25) is 0 Å². The minimum absolute atomic E-state index is 0.340. The average molecular weight is 231 g/mol. The Morgan fingerprint density at radius 3 is 3.24 bits per heavy atom. The highest BCUT2D eigenvalue weighted by Crippen LogP contribution is 2.25. The van der Waals surface area contributed by atoms with E-state index in [9.17, 15) is 0 Å². The van der Waals surface area contributed by atoms with E-state index in [4.69, 9.17) is 4.42 Å². The Balaban J connectivity index is 1.93. The summed E-state index contributed by atoms with van der Waals surface area (Å²) in [5.41, 5.74) is 3.04. The molecular formula is C13H17N3O. The van der Waals surface area contributed by atoms with E-state index in [1.807, 2.05) is 13.1 Å². The minimum Gasteiger partial charge on any atom is -0.443 e. The van der Waals surface area contributed by atoms with Crippen molar-refractivity contribution >= 4 is 11.1 Å². The van der Waals surface area contributed by atoms with Crippen LogP contribution in [0, 0.1) is 0 Å². The summed E-state index contributed by atoms with van der Waals surface area (Å²) < 4.78 is 5.36. The van der Waals surface area contributed by atoms with E-state index in [-0.39, 0.29) is 0 Å². The van der Waals surface area contributed by atoms with Gasteiger partial charge in [-0.3, -0.25) is 0 Å². The van der Waals surface area contributed by atoms with E-state index in [0.717, 1.165) is 17.6 Å². The molecule has 1 aliphatic heterocycles. The molecule has 17 heavy (non-hydrogen) atoms. The highest BCUT2D eigenvalue weighted by atomic mass is 16.3. The van der Waals surface area contributed by atoms with Gasteiger partial charge in [0.05, 0.1) is 0 Å². The Labute approximate surface area is 100 Å². The second-order valence-electron chi connectivity index (χ2n) is 4.55. The molecule has 1 aliphatic rings. The maximum Gasteiger partial charge on any atom is 0.181 e. The van der Waals surface area contributed by atoms with Crippen LogP contribution in [0.4, 0.5) is 0 Å². The van der Waals surface area contributed by atoms with Gasteiger partial charge < -0.3 is 15.1 Å². The molecule has 1 aromatic heterocycles. The maximum absolute atomic E-state index is 5.36. The van der Waals surface area contributed by atoms with Crippen molar-refractivity contribution in [3.05, 3.63) is 30.2 Å². The monoisotopic (exact) mass is 231 g/mol. The number of hydrogen-bond donors (Lipinski definition) is 2. The van der Waals surface area contributed by atoms with Crippen LogP contribution in [0.1, 0.15) is 24.4 Å². The SMILES string of the molecule is CNC(c1ccc2ncoc2c1)C1CCCN1. The standard InChI is InChI=1S/C13H17N3O/c1-14-13(11-3-2-6-15-11)9-4-5-10-12(7-9)17-8-16-10/h4-5,7-8,11,13-15H,2-3,6H2,1H3. The average Bonchev–Trinajstić information content (AvgIpc) is 2.99. The van der Waals surface area contributed by atoms with Gasteiger partial charge >= 0.3 is 0 Å². The van der Waals surface area contributed by atoms with Crippen LogP contribution in [0.15, 0.2) is 29.0 Å². The molecule has 4 heteroatoms. The third kappa shape index (κ3) is 1.94. The van der Waals surface area contributed by atoms with Crippen molar-refractivity contribution in [1.82, 2.24) is 15.6 Å². The second-order valence-corrected chi connectivity index (χ2v) is 4.55. The van der Waals surface area contributed by atoms with E-state index < -0.39 is 0 Å². The number of likely N-dealkylation sites (N-methyl/N-ethyl adjacent to an activating group) is 1. The lowest BCUT2D eigenvalue weighted by molar-refractivity contribution is 0.440. The summed E-state index contributed by atoms with van der Waals surface area (Å²) in [6.45, 7) is 1.12. The molecule has 0 radical (unpaired) electrons. The van der Waals surface area contributed by atoms with Gasteiger partial charge in [0.25, 0.3) is 0 Å². The van der Waals surface area contributed by atoms with Crippen LogP contribution in [0.3, 0.4) is 0 Å². The van der Waals surface area contributed by atoms with Crippen LogP contribution in [0.25, 0.3) is 11.1 Å². The minimum atomic E-state index is 0.340. The summed E-state index contributed by atoms with van der Waals surface area (Å²) in [6.07, 6.45) is 3.98. The second kappa shape index (κ2) is 4.47. The molecule has 0 spiro atoms. The van der Waals surface area contributed by atoms with Crippen molar-refractivity contribution in [1.29, 1.82) is 0 Å².